The Kier molecular flexibility index (Phi) is 9.40. The average molecular weight is 345 g/mol. The molecule has 0 heterocycles. The summed E-state index contributed by atoms with van der Waals surface area (Å²) in [6.07, 6.45) is 0.135. The lowest BCUT2D eigenvalue weighted by atomic mass is 9.86. The highest BCUT2D eigenvalue weighted by Crippen LogP contribution is 2.23. The van der Waals surface area contributed by atoms with Crippen LogP contribution in [0.2, 0.25) is 0 Å². The highest BCUT2D eigenvalue weighted by molar-refractivity contribution is 5.84. The lowest BCUT2D eigenvalue weighted by Crippen LogP contribution is -2.54. The second kappa shape index (κ2) is 10.2. The van der Waals surface area contributed by atoms with Gasteiger partial charge in [0.15, 0.2) is 0 Å². The summed E-state index contributed by atoms with van der Waals surface area (Å²) in [6.45, 7) is 10.5. The number of nitrogens with one attached hydrogen (secondary N) is 1. The van der Waals surface area contributed by atoms with E-state index in [2.05, 4.69) is 5.32 Å². The fourth-order valence-corrected chi connectivity index (χ4v) is 2.22. The van der Waals surface area contributed by atoms with Crippen LogP contribution in [0.5, 0.6) is 0 Å². The Balaban J connectivity index is 4.98. The van der Waals surface area contributed by atoms with Crippen molar-refractivity contribution in [2.24, 2.45) is 11.8 Å². The molecule has 0 aromatic carbocycles. The first kappa shape index (κ1) is 22.2. The molecule has 7 nitrogen and oxygen atoms in total. The van der Waals surface area contributed by atoms with Crippen LogP contribution in [-0.2, 0) is 19.1 Å². The molecule has 0 aliphatic carbocycles. The molecule has 0 bridgehead atoms. The number of ether oxygens (including phenoxy) is 2. The van der Waals surface area contributed by atoms with Crippen LogP contribution in [0.1, 0.15) is 67.2 Å². The van der Waals surface area contributed by atoms with Gasteiger partial charge in [0, 0.05) is 12.3 Å². The van der Waals surface area contributed by atoms with Crippen molar-refractivity contribution in [2.75, 3.05) is 0 Å². The van der Waals surface area contributed by atoms with Crippen molar-refractivity contribution in [3.63, 3.8) is 0 Å². The molecule has 7 heteroatoms. The largest absolute Gasteiger partial charge is 0.480 e. The summed E-state index contributed by atoms with van der Waals surface area (Å²) in [5, 5.41) is 11.9. The summed E-state index contributed by atoms with van der Waals surface area (Å²) in [7, 11) is 0. The second-order valence-corrected chi connectivity index (χ2v) is 6.51. The Morgan fingerprint density at radius 2 is 1.62 bits per heavy atom. The molecule has 1 amide bonds. The summed E-state index contributed by atoms with van der Waals surface area (Å²) in [4.78, 5) is 35.1. The van der Waals surface area contributed by atoms with Gasteiger partial charge in [-0.3, -0.25) is 4.79 Å². The van der Waals surface area contributed by atoms with Crippen molar-refractivity contribution in [1.82, 2.24) is 5.32 Å². The van der Waals surface area contributed by atoms with E-state index >= 15 is 0 Å². The zero-order chi connectivity index (χ0) is 18.9. The van der Waals surface area contributed by atoms with Crippen molar-refractivity contribution in [3.05, 3.63) is 0 Å². The molecule has 0 saturated heterocycles. The fraction of sp³-hybridized carbons (Fsp3) is 0.824. The van der Waals surface area contributed by atoms with Gasteiger partial charge in [-0.05, 0) is 19.3 Å². The molecule has 0 aromatic heterocycles. The van der Waals surface area contributed by atoms with Crippen LogP contribution in [0.15, 0.2) is 0 Å². The third-order valence-corrected chi connectivity index (χ3v) is 4.01. The standard InChI is InChI=1S/C17H31NO6/c1-7-12(8-2)10-17(6,15(20)21)18-16(22)24-14(11(4)5)23-13(19)9-3/h11-12,14H,7-10H2,1-6H3,(H,18,22)(H,20,21)/t14-,17+/m1/s1. The Morgan fingerprint density at radius 1 is 1.08 bits per heavy atom. The van der Waals surface area contributed by atoms with Crippen LogP contribution in [-0.4, -0.2) is 35.0 Å². The van der Waals surface area contributed by atoms with Crippen molar-refractivity contribution in [3.8, 4) is 0 Å². The van der Waals surface area contributed by atoms with Crippen molar-refractivity contribution in [1.29, 1.82) is 0 Å². The van der Waals surface area contributed by atoms with E-state index in [9.17, 15) is 19.5 Å². The molecule has 0 saturated carbocycles. The third kappa shape index (κ3) is 7.19. The van der Waals surface area contributed by atoms with Crippen LogP contribution < -0.4 is 5.32 Å². The molecule has 0 unspecified atom stereocenters. The predicted octanol–water partition coefficient (Wildman–Crippen LogP) is 3.32. The zero-order valence-corrected chi connectivity index (χ0v) is 15.5. The molecule has 0 aliphatic rings. The average Bonchev–Trinajstić information content (AvgIpc) is 2.51. The molecule has 2 N–H and O–H groups in total. The number of carbonyl (C=O) groups excluding carboxylic acids is 2. The molecule has 140 valence electrons. The molecular formula is C17H31NO6. The highest BCUT2D eigenvalue weighted by Gasteiger charge is 2.38. The number of amides is 1. The Hall–Kier alpha value is -1.79. The minimum Gasteiger partial charge on any atom is -0.480 e. The first-order chi connectivity index (χ1) is 11.1. The van der Waals surface area contributed by atoms with Gasteiger partial charge >= 0.3 is 18.0 Å². The molecule has 0 spiro atoms. The van der Waals surface area contributed by atoms with Gasteiger partial charge in [-0.25, -0.2) is 9.59 Å². The number of aliphatic carboxylic acids is 1. The van der Waals surface area contributed by atoms with Crippen molar-refractivity contribution in [2.45, 2.75) is 79.1 Å². The van der Waals surface area contributed by atoms with Gasteiger partial charge in [-0.1, -0.05) is 47.5 Å². The van der Waals surface area contributed by atoms with E-state index in [1.807, 2.05) is 13.8 Å². The van der Waals surface area contributed by atoms with Gasteiger partial charge in [0.1, 0.15) is 5.54 Å². The van der Waals surface area contributed by atoms with E-state index < -0.39 is 29.9 Å². The topological polar surface area (TPSA) is 102 Å². The van der Waals surface area contributed by atoms with Gasteiger partial charge in [0.2, 0.25) is 0 Å². The zero-order valence-electron chi connectivity index (χ0n) is 15.5. The monoisotopic (exact) mass is 345 g/mol. The molecule has 0 radical (unpaired) electrons. The number of hydrogen-bond acceptors (Lipinski definition) is 5. The van der Waals surface area contributed by atoms with Crippen molar-refractivity contribution < 1.29 is 29.0 Å². The molecule has 0 rings (SSSR count). The highest BCUT2D eigenvalue weighted by atomic mass is 16.7. The van der Waals surface area contributed by atoms with E-state index in [1.54, 1.807) is 20.8 Å². The minimum absolute atomic E-state index is 0.162. The van der Waals surface area contributed by atoms with Gasteiger partial charge in [0.25, 0.3) is 6.29 Å². The van der Waals surface area contributed by atoms with Crippen LogP contribution in [0.25, 0.3) is 0 Å². The number of alkyl carbamates (subject to hydrolysis) is 1. The maximum Gasteiger partial charge on any atom is 0.411 e. The summed E-state index contributed by atoms with van der Waals surface area (Å²) in [5.41, 5.74) is -1.44. The number of hydrogen-bond donors (Lipinski definition) is 2. The van der Waals surface area contributed by atoms with E-state index in [1.165, 1.54) is 6.92 Å². The first-order valence-electron chi connectivity index (χ1n) is 8.51. The van der Waals surface area contributed by atoms with Crippen LogP contribution in [0, 0.1) is 11.8 Å². The Morgan fingerprint density at radius 3 is 2.00 bits per heavy atom. The Bertz CT molecular complexity index is 433. The van der Waals surface area contributed by atoms with Crippen molar-refractivity contribution >= 4 is 18.0 Å². The van der Waals surface area contributed by atoms with E-state index in [0.29, 0.717) is 6.42 Å². The molecular weight excluding hydrogens is 314 g/mol. The molecule has 0 fully saturated rings. The van der Waals surface area contributed by atoms with Crippen LogP contribution in [0.4, 0.5) is 4.79 Å². The molecule has 0 aliphatic heterocycles. The number of carboxylic acids is 1. The summed E-state index contributed by atoms with van der Waals surface area (Å²) < 4.78 is 10.2. The van der Waals surface area contributed by atoms with Gasteiger partial charge in [-0.2, -0.15) is 0 Å². The number of carbonyl (C=O) groups is 3. The number of rotatable bonds is 10. The smallest absolute Gasteiger partial charge is 0.411 e. The van der Waals surface area contributed by atoms with E-state index in [-0.39, 0.29) is 18.3 Å². The SMILES string of the molecule is CCC(=O)O[C@H](OC(=O)N[C@@](C)(CC(CC)CC)C(=O)O)C(C)C. The predicted molar refractivity (Wildman–Crippen MR) is 89.4 cm³/mol. The lowest BCUT2D eigenvalue weighted by Gasteiger charge is -2.30. The molecule has 0 aromatic rings. The van der Waals surface area contributed by atoms with Gasteiger partial charge < -0.3 is 19.9 Å². The minimum atomic E-state index is -1.44. The Labute approximate surface area is 144 Å². The quantitative estimate of drug-likeness (QED) is 0.465. The van der Waals surface area contributed by atoms with Gasteiger partial charge in [0.05, 0.1) is 0 Å². The summed E-state index contributed by atoms with van der Waals surface area (Å²) >= 11 is 0. The summed E-state index contributed by atoms with van der Waals surface area (Å²) in [5.74, 6) is -1.69. The van der Waals surface area contributed by atoms with Gasteiger partial charge in [-0.15, -0.1) is 0 Å². The number of carboxylic acid groups (broad SMARTS) is 1. The maximum atomic E-state index is 12.1. The van der Waals surface area contributed by atoms with Crippen LogP contribution in [0.3, 0.4) is 0 Å². The molecule has 2 atom stereocenters. The molecule has 24 heavy (non-hydrogen) atoms. The normalized spacial score (nSPS) is 14.8. The summed E-state index contributed by atoms with van der Waals surface area (Å²) in [6, 6.07) is 0. The maximum absolute atomic E-state index is 12.1. The second-order valence-electron chi connectivity index (χ2n) is 6.51. The first-order valence-corrected chi connectivity index (χ1v) is 8.51. The fourth-order valence-electron chi connectivity index (χ4n) is 2.22. The van der Waals surface area contributed by atoms with E-state index in [4.69, 9.17) is 9.47 Å². The number of esters is 1. The third-order valence-electron chi connectivity index (χ3n) is 4.01. The lowest BCUT2D eigenvalue weighted by molar-refractivity contribution is -0.175. The van der Waals surface area contributed by atoms with Crippen LogP contribution >= 0.6 is 0 Å². The van der Waals surface area contributed by atoms with E-state index in [0.717, 1.165) is 12.8 Å².